The summed E-state index contributed by atoms with van der Waals surface area (Å²) in [6.45, 7) is 0.237. The third kappa shape index (κ3) is 5.58. The number of hydrogen-bond donors (Lipinski definition) is 1. The van der Waals surface area contributed by atoms with Gasteiger partial charge in [-0.15, -0.1) is 0 Å². The molecule has 0 unspecified atom stereocenters. The van der Waals surface area contributed by atoms with Crippen LogP contribution in [0.25, 0.3) is 0 Å². The van der Waals surface area contributed by atoms with Gasteiger partial charge in [0.25, 0.3) is 0 Å². The van der Waals surface area contributed by atoms with Crippen LogP contribution in [0.5, 0.6) is 5.75 Å². The molecule has 144 valence electrons. The fourth-order valence-electron chi connectivity index (χ4n) is 3.04. The number of carbonyl (C=O) groups excluding carboxylic acids is 1. The van der Waals surface area contributed by atoms with Crippen LogP contribution in [-0.4, -0.2) is 23.3 Å². The van der Waals surface area contributed by atoms with Crippen molar-refractivity contribution in [3.8, 4) is 5.75 Å². The van der Waals surface area contributed by atoms with E-state index in [4.69, 9.17) is 32.7 Å². The van der Waals surface area contributed by atoms with Crippen molar-refractivity contribution in [3.05, 3.63) is 63.4 Å². The number of benzene rings is 2. The van der Waals surface area contributed by atoms with Crippen LogP contribution in [0.15, 0.2) is 36.4 Å². The summed E-state index contributed by atoms with van der Waals surface area (Å²) in [4.78, 5) is 11.5. The molecule has 0 aromatic heterocycles. The second-order valence-corrected chi connectivity index (χ2v) is 7.37. The molecule has 2 atom stereocenters. The number of aliphatic hydroxyl groups is 1. The van der Waals surface area contributed by atoms with E-state index in [0.29, 0.717) is 35.1 Å². The van der Waals surface area contributed by atoms with Crippen LogP contribution in [0.3, 0.4) is 0 Å². The van der Waals surface area contributed by atoms with Crippen LogP contribution in [-0.2, 0) is 22.6 Å². The molecule has 3 rings (SSSR count). The Hall–Kier alpha value is -1.82. The predicted molar refractivity (Wildman–Crippen MR) is 101 cm³/mol. The van der Waals surface area contributed by atoms with Gasteiger partial charge >= 0.3 is 5.97 Å². The zero-order valence-electron chi connectivity index (χ0n) is 14.5. The maximum Gasteiger partial charge on any atom is 0.308 e. The molecule has 0 saturated carbocycles. The van der Waals surface area contributed by atoms with Crippen molar-refractivity contribution in [2.45, 2.75) is 44.5 Å². The molecular formula is C20H19Cl2FO4. The first-order chi connectivity index (χ1) is 12.9. The first kappa shape index (κ1) is 19.9. The summed E-state index contributed by atoms with van der Waals surface area (Å²) in [6.07, 6.45) is 0.410. The van der Waals surface area contributed by atoms with Crippen LogP contribution in [0.1, 0.15) is 30.4 Å². The molecule has 1 aliphatic rings. The summed E-state index contributed by atoms with van der Waals surface area (Å²) >= 11 is 12.4. The van der Waals surface area contributed by atoms with E-state index in [9.17, 15) is 14.3 Å². The van der Waals surface area contributed by atoms with Crippen molar-refractivity contribution in [1.29, 1.82) is 0 Å². The molecule has 7 heteroatoms. The second kappa shape index (κ2) is 8.91. The number of halogens is 3. The minimum Gasteiger partial charge on any atom is -0.489 e. The highest BCUT2D eigenvalue weighted by Crippen LogP contribution is 2.33. The Bertz CT molecular complexity index is 810. The van der Waals surface area contributed by atoms with Gasteiger partial charge in [0.15, 0.2) is 0 Å². The lowest BCUT2D eigenvalue weighted by Gasteiger charge is -2.26. The molecule has 0 aliphatic carbocycles. The average molecular weight is 413 g/mol. The summed E-state index contributed by atoms with van der Waals surface area (Å²) < 4.78 is 24.2. The van der Waals surface area contributed by atoms with Crippen molar-refractivity contribution >= 4 is 29.2 Å². The second-order valence-electron chi connectivity index (χ2n) is 6.52. The molecular weight excluding hydrogens is 394 g/mol. The van der Waals surface area contributed by atoms with Crippen molar-refractivity contribution in [2.75, 3.05) is 0 Å². The lowest BCUT2D eigenvalue weighted by Crippen LogP contribution is -2.32. The molecule has 0 bridgehead atoms. The van der Waals surface area contributed by atoms with Crippen LogP contribution in [0.2, 0.25) is 10.0 Å². The van der Waals surface area contributed by atoms with Crippen LogP contribution in [0.4, 0.5) is 4.39 Å². The third-order valence-electron chi connectivity index (χ3n) is 4.38. The van der Waals surface area contributed by atoms with Crippen molar-refractivity contribution in [3.63, 3.8) is 0 Å². The Morgan fingerprint density at radius 3 is 2.67 bits per heavy atom. The maximum absolute atomic E-state index is 13.0. The van der Waals surface area contributed by atoms with Gasteiger partial charge in [-0.25, -0.2) is 4.39 Å². The number of aliphatic hydroxyl groups excluding tert-OH is 1. The summed E-state index contributed by atoms with van der Waals surface area (Å²) in [5.74, 6) is -0.178. The van der Waals surface area contributed by atoms with Gasteiger partial charge in [-0.05, 0) is 42.7 Å². The van der Waals surface area contributed by atoms with Gasteiger partial charge in [-0.2, -0.15) is 0 Å². The molecule has 27 heavy (non-hydrogen) atoms. The van der Waals surface area contributed by atoms with Crippen LogP contribution >= 0.6 is 23.2 Å². The number of ether oxygens (including phenoxy) is 2. The van der Waals surface area contributed by atoms with Gasteiger partial charge in [0.05, 0.1) is 12.5 Å². The van der Waals surface area contributed by atoms with E-state index in [1.54, 1.807) is 24.3 Å². The fourth-order valence-corrected chi connectivity index (χ4v) is 3.61. The van der Waals surface area contributed by atoms with Gasteiger partial charge in [0.1, 0.15) is 24.3 Å². The van der Waals surface area contributed by atoms with E-state index in [1.165, 1.54) is 12.1 Å². The number of rotatable bonds is 6. The average Bonchev–Trinajstić information content (AvgIpc) is 2.59. The van der Waals surface area contributed by atoms with Gasteiger partial charge in [-0.3, -0.25) is 4.79 Å². The highest BCUT2D eigenvalue weighted by atomic mass is 35.5. The van der Waals surface area contributed by atoms with Crippen LogP contribution in [0, 0.1) is 5.82 Å². The molecule has 2 aromatic carbocycles. The molecule has 0 spiro atoms. The van der Waals surface area contributed by atoms with E-state index in [-0.39, 0.29) is 24.9 Å². The molecule has 1 N–H and O–H groups in total. The van der Waals surface area contributed by atoms with E-state index in [0.717, 1.165) is 11.1 Å². The Morgan fingerprint density at radius 1 is 1.22 bits per heavy atom. The van der Waals surface area contributed by atoms with E-state index >= 15 is 0 Å². The lowest BCUT2D eigenvalue weighted by atomic mass is 9.99. The predicted octanol–water partition coefficient (Wildman–Crippen LogP) is 4.71. The normalized spacial score (nSPS) is 19.6. The summed E-state index contributed by atoms with van der Waals surface area (Å²) in [6, 6.07) is 9.33. The van der Waals surface area contributed by atoms with E-state index < -0.39 is 12.1 Å². The highest BCUT2D eigenvalue weighted by molar-refractivity contribution is 6.35. The van der Waals surface area contributed by atoms with Crippen LogP contribution < -0.4 is 4.74 Å². The fraction of sp³-hybridized carbons (Fsp3) is 0.350. The Kier molecular flexibility index (Phi) is 6.58. The van der Waals surface area contributed by atoms with Crippen molar-refractivity contribution in [1.82, 2.24) is 0 Å². The molecule has 4 nitrogen and oxygen atoms in total. The van der Waals surface area contributed by atoms with Crippen molar-refractivity contribution < 1.29 is 23.8 Å². The smallest absolute Gasteiger partial charge is 0.308 e. The quantitative estimate of drug-likeness (QED) is 0.697. The number of esters is 1. The monoisotopic (exact) mass is 412 g/mol. The summed E-state index contributed by atoms with van der Waals surface area (Å²) in [5, 5.41) is 10.6. The first-order valence-electron chi connectivity index (χ1n) is 8.63. The van der Waals surface area contributed by atoms with E-state index in [1.807, 2.05) is 0 Å². The molecule has 1 fully saturated rings. The zero-order valence-corrected chi connectivity index (χ0v) is 16.0. The molecule has 1 saturated heterocycles. The highest BCUT2D eigenvalue weighted by Gasteiger charge is 2.27. The van der Waals surface area contributed by atoms with Crippen molar-refractivity contribution in [2.24, 2.45) is 0 Å². The summed E-state index contributed by atoms with van der Waals surface area (Å²) in [7, 11) is 0. The largest absolute Gasteiger partial charge is 0.489 e. The standard InChI is InChI=1S/C20H19Cl2FO4/c21-13-7-18(22)17(6-5-16-9-15(24)10-20(25)27-16)19(8-13)26-11-12-1-3-14(23)4-2-12/h1-4,7-8,15-16,24H,5-6,9-11H2/t15-,16-/m0/s1. The van der Waals surface area contributed by atoms with Gasteiger partial charge < -0.3 is 14.6 Å². The molecule has 0 amide bonds. The molecule has 1 heterocycles. The zero-order chi connectivity index (χ0) is 19.4. The molecule has 1 aliphatic heterocycles. The topological polar surface area (TPSA) is 55.8 Å². The molecule has 2 aromatic rings. The number of hydrogen-bond acceptors (Lipinski definition) is 4. The first-order valence-corrected chi connectivity index (χ1v) is 9.39. The van der Waals surface area contributed by atoms with Gasteiger partial charge in [0.2, 0.25) is 0 Å². The van der Waals surface area contributed by atoms with Gasteiger partial charge in [0, 0.05) is 22.0 Å². The SMILES string of the molecule is O=C1C[C@@H](O)C[C@H](CCc2c(Cl)cc(Cl)cc2OCc2ccc(F)cc2)O1. The number of carbonyl (C=O) groups is 1. The Morgan fingerprint density at radius 2 is 1.96 bits per heavy atom. The maximum atomic E-state index is 13.0. The van der Waals surface area contributed by atoms with Gasteiger partial charge in [-0.1, -0.05) is 35.3 Å². The minimum atomic E-state index is -0.675. The molecule has 0 radical (unpaired) electrons. The summed E-state index contributed by atoms with van der Waals surface area (Å²) in [5.41, 5.74) is 1.56. The Balaban J connectivity index is 1.70. The lowest BCUT2D eigenvalue weighted by molar-refractivity contribution is -0.160. The minimum absolute atomic E-state index is 0.0320. The van der Waals surface area contributed by atoms with E-state index in [2.05, 4.69) is 0 Å². The number of cyclic esters (lactones) is 1. The Labute approximate surface area is 166 Å². The third-order valence-corrected chi connectivity index (χ3v) is 4.93.